The number of hydrogen-bond donors (Lipinski definition) is 0. The van der Waals surface area contributed by atoms with Gasteiger partial charge in [0.05, 0.1) is 13.0 Å². The lowest BCUT2D eigenvalue weighted by atomic mass is 9.83. The molecule has 0 saturated heterocycles. The van der Waals surface area contributed by atoms with Crippen molar-refractivity contribution in [3.63, 3.8) is 0 Å². The molecule has 0 aromatic heterocycles. The third-order valence-corrected chi connectivity index (χ3v) is 4.21. The second-order valence-corrected chi connectivity index (χ2v) is 5.52. The Hall–Kier alpha value is -1.64. The van der Waals surface area contributed by atoms with E-state index in [2.05, 4.69) is 0 Å². The lowest BCUT2D eigenvalue weighted by molar-refractivity contribution is -0.147. The number of benzene rings is 1. The van der Waals surface area contributed by atoms with Crippen molar-refractivity contribution >= 4 is 11.8 Å². The van der Waals surface area contributed by atoms with Crippen LogP contribution in [0.4, 0.5) is 0 Å². The summed E-state index contributed by atoms with van der Waals surface area (Å²) in [6.07, 6.45) is 5.53. The number of hydrogen-bond acceptors (Lipinski definition) is 3. The zero-order valence-electron chi connectivity index (χ0n) is 12.0. The van der Waals surface area contributed by atoms with Gasteiger partial charge in [-0.25, -0.2) is 0 Å². The van der Waals surface area contributed by atoms with Gasteiger partial charge in [0.1, 0.15) is 0 Å². The Balaban J connectivity index is 2.07. The molecule has 3 heteroatoms. The van der Waals surface area contributed by atoms with E-state index in [1.54, 1.807) is 0 Å². The molecule has 0 N–H and O–H groups in total. The van der Waals surface area contributed by atoms with E-state index in [9.17, 15) is 9.59 Å². The minimum atomic E-state index is -0.155. The maximum Gasteiger partial charge on any atom is 0.308 e. The molecule has 1 aromatic rings. The molecule has 3 nitrogen and oxygen atoms in total. The van der Waals surface area contributed by atoms with E-state index in [1.807, 2.05) is 30.3 Å². The summed E-state index contributed by atoms with van der Waals surface area (Å²) >= 11 is 0. The van der Waals surface area contributed by atoms with E-state index >= 15 is 0 Å². The van der Waals surface area contributed by atoms with Crippen LogP contribution >= 0.6 is 0 Å². The van der Waals surface area contributed by atoms with Crippen LogP contribution < -0.4 is 0 Å². The summed E-state index contributed by atoms with van der Waals surface area (Å²) in [5.41, 5.74) is 0.736. The highest BCUT2D eigenvalue weighted by Gasteiger charge is 2.31. The van der Waals surface area contributed by atoms with Gasteiger partial charge in [-0.3, -0.25) is 9.59 Å². The maximum atomic E-state index is 12.3. The van der Waals surface area contributed by atoms with Crippen molar-refractivity contribution in [2.45, 2.75) is 38.5 Å². The summed E-state index contributed by atoms with van der Waals surface area (Å²) in [5.74, 6) is -0.0167. The van der Waals surface area contributed by atoms with Crippen molar-refractivity contribution in [3.05, 3.63) is 35.9 Å². The topological polar surface area (TPSA) is 43.4 Å². The molecule has 0 spiro atoms. The average Bonchev–Trinajstić information content (AvgIpc) is 2.73. The Morgan fingerprint density at radius 3 is 2.50 bits per heavy atom. The number of esters is 1. The molecule has 1 aromatic carbocycles. The molecule has 0 heterocycles. The number of rotatable bonds is 4. The summed E-state index contributed by atoms with van der Waals surface area (Å²) in [6.45, 7) is 0. The SMILES string of the molecule is COC(=O)[C@H]1CCCCC[C@@H]1CC(=O)c1ccccc1. The highest BCUT2D eigenvalue weighted by Crippen LogP contribution is 2.32. The Morgan fingerprint density at radius 1 is 1.10 bits per heavy atom. The van der Waals surface area contributed by atoms with Crippen molar-refractivity contribution in [3.8, 4) is 0 Å². The normalized spacial score (nSPS) is 22.9. The van der Waals surface area contributed by atoms with Crippen molar-refractivity contribution in [2.24, 2.45) is 11.8 Å². The van der Waals surface area contributed by atoms with Crippen LogP contribution in [0.5, 0.6) is 0 Å². The lowest BCUT2D eigenvalue weighted by Crippen LogP contribution is -2.26. The molecular weight excluding hydrogens is 252 g/mol. The fourth-order valence-corrected chi connectivity index (χ4v) is 3.07. The lowest BCUT2D eigenvalue weighted by Gasteiger charge is -2.22. The largest absolute Gasteiger partial charge is 0.469 e. The van der Waals surface area contributed by atoms with Crippen LogP contribution in [0, 0.1) is 11.8 Å². The summed E-state index contributed by atoms with van der Waals surface area (Å²) in [6, 6.07) is 9.33. The van der Waals surface area contributed by atoms with E-state index in [-0.39, 0.29) is 23.6 Å². The van der Waals surface area contributed by atoms with Gasteiger partial charge in [0, 0.05) is 12.0 Å². The van der Waals surface area contributed by atoms with Gasteiger partial charge >= 0.3 is 5.97 Å². The molecule has 1 saturated carbocycles. The minimum Gasteiger partial charge on any atom is -0.469 e. The fraction of sp³-hybridized carbons (Fsp3) is 0.529. The van der Waals surface area contributed by atoms with Crippen molar-refractivity contribution in [1.29, 1.82) is 0 Å². The number of ketones is 1. The molecule has 0 radical (unpaired) electrons. The third kappa shape index (κ3) is 3.69. The molecule has 0 unspecified atom stereocenters. The zero-order chi connectivity index (χ0) is 14.4. The molecular formula is C17H22O3. The van der Waals surface area contributed by atoms with Crippen LogP contribution in [0.2, 0.25) is 0 Å². The fourth-order valence-electron chi connectivity index (χ4n) is 3.07. The highest BCUT2D eigenvalue weighted by molar-refractivity contribution is 5.96. The van der Waals surface area contributed by atoms with Gasteiger partial charge in [-0.05, 0) is 18.8 Å². The summed E-state index contributed by atoms with van der Waals surface area (Å²) in [7, 11) is 1.43. The Morgan fingerprint density at radius 2 is 1.80 bits per heavy atom. The second kappa shape index (κ2) is 7.22. The van der Waals surface area contributed by atoms with Gasteiger partial charge in [0.25, 0.3) is 0 Å². The van der Waals surface area contributed by atoms with E-state index in [0.717, 1.165) is 37.7 Å². The average molecular weight is 274 g/mol. The monoisotopic (exact) mass is 274 g/mol. The molecule has 1 aliphatic rings. The first-order chi connectivity index (χ1) is 9.72. The van der Waals surface area contributed by atoms with Crippen LogP contribution in [-0.4, -0.2) is 18.9 Å². The predicted molar refractivity (Wildman–Crippen MR) is 77.5 cm³/mol. The number of carbonyl (C=O) groups excluding carboxylic acids is 2. The first kappa shape index (κ1) is 14.8. The van der Waals surface area contributed by atoms with Gasteiger partial charge < -0.3 is 4.74 Å². The van der Waals surface area contributed by atoms with E-state index in [0.29, 0.717) is 6.42 Å². The summed E-state index contributed by atoms with van der Waals surface area (Å²) in [4.78, 5) is 24.2. The van der Waals surface area contributed by atoms with Crippen molar-refractivity contribution in [1.82, 2.24) is 0 Å². The van der Waals surface area contributed by atoms with E-state index in [4.69, 9.17) is 4.74 Å². The molecule has 108 valence electrons. The van der Waals surface area contributed by atoms with Crippen LogP contribution in [0.3, 0.4) is 0 Å². The zero-order valence-corrected chi connectivity index (χ0v) is 12.0. The van der Waals surface area contributed by atoms with Gasteiger partial charge in [-0.1, -0.05) is 49.6 Å². The Labute approximate surface area is 120 Å². The molecule has 2 atom stereocenters. The minimum absolute atomic E-state index is 0.116. The smallest absolute Gasteiger partial charge is 0.308 e. The van der Waals surface area contributed by atoms with Crippen molar-refractivity contribution in [2.75, 3.05) is 7.11 Å². The van der Waals surface area contributed by atoms with E-state index < -0.39 is 0 Å². The maximum absolute atomic E-state index is 12.3. The molecule has 1 fully saturated rings. The molecule has 0 aliphatic heterocycles. The van der Waals surface area contributed by atoms with Crippen LogP contribution in [0.1, 0.15) is 48.9 Å². The quantitative estimate of drug-likeness (QED) is 0.478. The number of methoxy groups -OCH3 is 1. The number of ether oxygens (including phenoxy) is 1. The van der Waals surface area contributed by atoms with Gasteiger partial charge in [0.2, 0.25) is 0 Å². The summed E-state index contributed by atoms with van der Waals surface area (Å²) < 4.78 is 4.91. The first-order valence-electron chi connectivity index (χ1n) is 7.38. The van der Waals surface area contributed by atoms with Gasteiger partial charge in [0.15, 0.2) is 5.78 Å². The Kier molecular flexibility index (Phi) is 5.33. The standard InChI is InChI=1S/C17H22O3/c1-20-17(19)15-11-7-3-6-10-14(15)12-16(18)13-8-4-2-5-9-13/h2,4-5,8-9,14-15H,3,6-7,10-12H2,1H3/t14-,15+/m1/s1. The highest BCUT2D eigenvalue weighted by atomic mass is 16.5. The first-order valence-corrected chi connectivity index (χ1v) is 7.38. The van der Waals surface area contributed by atoms with Crippen LogP contribution in [0.25, 0.3) is 0 Å². The molecule has 0 amide bonds. The second-order valence-electron chi connectivity index (χ2n) is 5.52. The van der Waals surface area contributed by atoms with Gasteiger partial charge in [-0.2, -0.15) is 0 Å². The van der Waals surface area contributed by atoms with E-state index in [1.165, 1.54) is 7.11 Å². The predicted octanol–water partition coefficient (Wildman–Crippen LogP) is 3.63. The van der Waals surface area contributed by atoms with Crippen molar-refractivity contribution < 1.29 is 14.3 Å². The molecule has 1 aliphatic carbocycles. The molecule has 2 rings (SSSR count). The van der Waals surface area contributed by atoms with Crippen LogP contribution in [0.15, 0.2) is 30.3 Å². The van der Waals surface area contributed by atoms with Gasteiger partial charge in [-0.15, -0.1) is 0 Å². The third-order valence-electron chi connectivity index (χ3n) is 4.21. The van der Waals surface area contributed by atoms with Crippen LogP contribution in [-0.2, 0) is 9.53 Å². The number of carbonyl (C=O) groups is 2. The molecule has 20 heavy (non-hydrogen) atoms. The Bertz CT molecular complexity index is 453. The molecule has 0 bridgehead atoms. The summed E-state index contributed by atoms with van der Waals surface area (Å²) in [5, 5.41) is 0. The number of Topliss-reactive ketones (excluding diaryl/α,β-unsaturated/α-hetero) is 1.